The predicted octanol–water partition coefficient (Wildman–Crippen LogP) is 1.55. The van der Waals surface area contributed by atoms with Gasteiger partial charge < -0.3 is 5.32 Å². The van der Waals surface area contributed by atoms with Crippen molar-refractivity contribution in [2.45, 2.75) is 6.17 Å². The van der Waals surface area contributed by atoms with Crippen molar-refractivity contribution in [2.75, 3.05) is 7.05 Å². The summed E-state index contributed by atoms with van der Waals surface area (Å²) in [5.41, 5.74) is 0.817. The third kappa shape index (κ3) is 1.72. The molecule has 0 bridgehead atoms. The fourth-order valence-corrected chi connectivity index (χ4v) is 0.779. The highest BCUT2D eigenvalue weighted by Crippen LogP contribution is 2.04. The summed E-state index contributed by atoms with van der Waals surface area (Å²) in [6.45, 7) is 0. The minimum Gasteiger partial charge on any atom is -0.388 e. The minimum atomic E-state index is -0.961. The quantitative estimate of drug-likeness (QED) is 0.581. The Balaban J connectivity index is 2.74. The van der Waals surface area contributed by atoms with Crippen molar-refractivity contribution in [3.63, 3.8) is 0 Å². The van der Waals surface area contributed by atoms with E-state index in [1.54, 1.807) is 13.1 Å². The average molecular weight is 139 g/mol. The van der Waals surface area contributed by atoms with Crippen molar-refractivity contribution >= 4 is 0 Å². The maximum Gasteiger partial charge on any atom is 0.139 e. The van der Waals surface area contributed by atoms with Gasteiger partial charge in [-0.3, -0.25) is 0 Å². The van der Waals surface area contributed by atoms with E-state index in [0.717, 1.165) is 5.70 Å². The van der Waals surface area contributed by atoms with E-state index in [9.17, 15) is 4.39 Å². The maximum absolute atomic E-state index is 12.6. The first-order valence-electron chi connectivity index (χ1n) is 3.21. The average Bonchev–Trinajstić information content (AvgIpc) is 2.13. The van der Waals surface area contributed by atoms with Crippen LogP contribution in [0.25, 0.3) is 0 Å². The molecule has 54 valence electrons. The molecule has 0 aromatic heterocycles. The molecule has 0 aliphatic heterocycles. The summed E-state index contributed by atoms with van der Waals surface area (Å²) in [6, 6.07) is 0. The molecule has 1 atom stereocenters. The molecule has 2 heteroatoms. The Morgan fingerprint density at radius 3 is 3.00 bits per heavy atom. The van der Waals surface area contributed by atoms with Crippen molar-refractivity contribution < 1.29 is 4.39 Å². The van der Waals surface area contributed by atoms with Gasteiger partial charge in [0.25, 0.3) is 0 Å². The van der Waals surface area contributed by atoms with E-state index < -0.39 is 6.17 Å². The molecule has 0 heterocycles. The van der Waals surface area contributed by atoms with Crippen LogP contribution in [-0.4, -0.2) is 13.2 Å². The minimum absolute atomic E-state index is 0.817. The molecular weight excluding hydrogens is 129 g/mol. The van der Waals surface area contributed by atoms with E-state index in [0.29, 0.717) is 0 Å². The number of likely N-dealkylation sites (N-methyl/N-ethyl adjacent to an activating group) is 1. The van der Waals surface area contributed by atoms with Crippen LogP contribution in [-0.2, 0) is 0 Å². The van der Waals surface area contributed by atoms with Gasteiger partial charge in [0.15, 0.2) is 0 Å². The van der Waals surface area contributed by atoms with Gasteiger partial charge in [-0.2, -0.15) is 0 Å². The molecular formula is C8H10FN. The highest BCUT2D eigenvalue weighted by atomic mass is 19.1. The summed E-state index contributed by atoms with van der Waals surface area (Å²) >= 11 is 0. The topological polar surface area (TPSA) is 12.0 Å². The lowest BCUT2D eigenvalue weighted by Crippen LogP contribution is -2.04. The Morgan fingerprint density at radius 2 is 2.30 bits per heavy atom. The number of halogens is 1. The summed E-state index contributed by atoms with van der Waals surface area (Å²) in [7, 11) is 1.77. The molecule has 10 heavy (non-hydrogen) atoms. The number of rotatable bonds is 1. The van der Waals surface area contributed by atoms with Gasteiger partial charge in [-0.25, -0.2) is 4.39 Å². The molecule has 0 amide bonds. The van der Waals surface area contributed by atoms with Gasteiger partial charge in [-0.15, -0.1) is 0 Å². The largest absolute Gasteiger partial charge is 0.388 e. The van der Waals surface area contributed by atoms with Crippen LogP contribution in [0.2, 0.25) is 0 Å². The highest BCUT2D eigenvalue weighted by molar-refractivity contribution is 5.27. The van der Waals surface area contributed by atoms with Gasteiger partial charge in [-0.05, 0) is 18.2 Å². The second-order valence-corrected chi connectivity index (χ2v) is 2.06. The fourth-order valence-electron chi connectivity index (χ4n) is 0.779. The highest BCUT2D eigenvalue weighted by Gasteiger charge is 1.98. The Hall–Kier alpha value is -1.05. The summed E-state index contributed by atoms with van der Waals surface area (Å²) in [5, 5.41) is 2.87. The Labute approximate surface area is 59.9 Å². The van der Waals surface area contributed by atoms with Gasteiger partial charge in [0.2, 0.25) is 0 Å². The summed E-state index contributed by atoms with van der Waals surface area (Å²) in [6.07, 6.45) is 7.40. The maximum atomic E-state index is 12.6. The zero-order valence-corrected chi connectivity index (χ0v) is 5.84. The van der Waals surface area contributed by atoms with E-state index in [2.05, 4.69) is 5.32 Å². The summed E-state index contributed by atoms with van der Waals surface area (Å²) in [4.78, 5) is 0. The van der Waals surface area contributed by atoms with Gasteiger partial charge in [0.05, 0.1) is 0 Å². The smallest absolute Gasteiger partial charge is 0.139 e. The lowest BCUT2D eigenvalue weighted by Gasteiger charge is -1.98. The first-order chi connectivity index (χ1) is 4.83. The molecule has 0 spiro atoms. The lowest BCUT2D eigenvalue weighted by atomic mass is 10.3. The Kier molecular flexibility index (Phi) is 2.26. The first kappa shape index (κ1) is 7.06. The number of hydrogen-bond acceptors (Lipinski definition) is 1. The molecule has 1 nitrogen and oxygen atoms in total. The van der Waals surface area contributed by atoms with Crippen LogP contribution in [0.3, 0.4) is 0 Å². The molecule has 0 aromatic carbocycles. The summed E-state index contributed by atoms with van der Waals surface area (Å²) < 4.78 is 12.6. The number of nitrogens with one attached hydrogen (secondary N) is 1. The van der Waals surface area contributed by atoms with E-state index in [1.165, 1.54) is 12.2 Å². The monoisotopic (exact) mass is 139 g/mol. The standard InChI is InChI=1S/C8H10FN/c1-10-8-5-3-2-4-7(9)6-8/h2-7,10H,1H3. The number of alkyl halides is 1. The van der Waals surface area contributed by atoms with E-state index >= 15 is 0 Å². The molecule has 0 radical (unpaired) electrons. The SMILES string of the molecule is CNC1=CC(F)C=CC=C1. The van der Waals surface area contributed by atoms with Gasteiger partial charge >= 0.3 is 0 Å². The van der Waals surface area contributed by atoms with Crippen molar-refractivity contribution in [2.24, 2.45) is 0 Å². The fraction of sp³-hybridized carbons (Fsp3) is 0.250. The number of hydrogen-bond donors (Lipinski definition) is 1. The molecule has 1 rings (SSSR count). The van der Waals surface area contributed by atoms with Gasteiger partial charge in [-0.1, -0.05) is 12.2 Å². The van der Waals surface area contributed by atoms with Crippen LogP contribution in [0, 0.1) is 0 Å². The van der Waals surface area contributed by atoms with E-state index in [4.69, 9.17) is 0 Å². The van der Waals surface area contributed by atoms with Crippen molar-refractivity contribution in [3.05, 3.63) is 36.1 Å². The van der Waals surface area contributed by atoms with Crippen LogP contribution < -0.4 is 5.32 Å². The second kappa shape index (κ2) is 3.20. The van der Waals surface area contributed by atoms with Gasteiger partial charge in [0, 0.05) is 12.7 Å². The summed E-state index contributed by atoms with van der Waals surface area (Å²) in [5.74, 6) is 0. The van der Waals surface area contributed by atoms with Crippen molar-refractivity contribution in [1.82, 2.24) is 5.32 Å². The van der Waals surface area contributed by atoms with Crippen molar-refractivity contribution in [1.29, 1.82) is 0 Å². The van der Waals surface area contributed by atoms with Crippen LogP contribution >= 0.6 is 0 Å². The molecule has 0 aromatic rings. The van der Waals surface area contributed by atoms with E-state index in [-0.39, 0.29) is 0 Å². The van der Waals surface area contributed by atoms with Crippen LogP contribution in [0.15, 0.2) is 36.1 Å². The molecule has 1 N–H and O–H groups in total. The zero-order valence-electron chi connectivity index (χ0n) is 5.84. The third-order valence-corrected chi connectivity index (χ3v) is 1.31. The lowest BCUT2D eigenvalue weighted by molar-refractivity contribution is 0.467. The zero-order chi connectivity index (χ0) is 7.40. The molecule has 0 fully saturated rings. The van der Waals surface area contributed by atoms with Crippen LogP contribution in [0.5, 0.6) is 0 Å². The Morgan fingerprint density at radius 1 is 1.50 bits per heavy atom. The third-order valence-electron chi connectivity index (χ3n) is 1.31. The van der Waals surface area contributed by atoms with E-state index in [1.807, 2.05) is 12.2 Å². The molecule has 1 aliphatic rings. The molecule has 1 unspecified atom stereocenters. The molecule has 0 saturated heterocycles. The van der Waals surface area contributed by atoms with Crippen LogP contribution in [0.4, 0.5) is 4.39 Å². The van der Waals surface area contributed by atoms with Crippen LogP contribution in [0.1, 0.15) is 0 Å². The molecule has 0 saturated carbocycles. The Bertz CT molecular complexity index is 191. The molecule has 1 aliphatic carbocycles. The number of allylic oxidation sites excluding steroid dienone is 5. The first-order valence-corrected chi connectivity index (χ1v) is 3.21. The normalized spacial score (nSPS) is 23.8. The van der Waals surface area contributed by atoms with Crippen molar-refractivity contribution in [3.8, 4) is 0 Å². The predicted molar refractivity (Wildman–Crippen MR) is 40.3 cm³/mol. The second-order valence-electron chi connectivity index (χ2n) is 2.06. The van der Waals surface area contributed by atoms with Gasteiger partial charge in [0.1, 0.15) is 6.17 Å².